The van der Waals surface area contributed by atoms with Crippen LogP contribution in [0, 0.1) is 11.6 Å². The highest BCUT2D eigenvalue weighted by Gasteiger charge is 2.41. The first-order chi connectivity index (χ1) is 9.29. The normalized spacial score (nSPS) is 13.8. The monoisotopic (exact) mass is 302 g/mol. The van der Waals surface area contributed by atoms with Crippen LogP contribution in [-0.2, 0) is 4.74 Å². The van der Waals surface area contributed by atoms with Crippen molar-refractivity contribution in [2.45, 2.75) is 18.4 Å². The van der Waals surface area contributed by atoms with Gasteiger partial charge in [-0.05, 0) is 12.1 Å². The largest absolute Gasteiger partial charge is 0.373 e. The molecule has 114 valence electrons. The summed E-state index contributed by atoms with van der Waals surface area (Å²) in [5.74, 6) is -1.21. The molecule has 0 aliphatic heterocycles. The second kappa shape index (κ2) is 6.91. The summed E-state index contributed by atoms with van der Waals surface area (Å²) in [6.07, 6.45) is -3.89. The maximum absolute atomic E-state index is 13.4. The van der Waals surface area contributed by atoms with Gasteiger partial charge in [-0.1, -0.05) is 6.07 Å². The molecule has 9 heteroatoms. The molecule has 1 unspecified atom stereocenters. The Kier molecular flexibility index (Phi) is 5.78. The van der Waals surface area contributed by atoms with Crippen molar-refractivity contribution in [2.75, 3.05) is 13.2 Å². The lowest BCUT2D eigenvalue weighted by Gasteiger charge is -2.20. The number of halogens is 6. The summed E-state index contributed by atoms with van der Waals surface area (Å²) in [5.41, 5.74) is 1.46. The van der Waals surface area contributed by atoms with Crippen LogP contribution in [-0.4, -0.2) is 25.6 Å². The van der Waals surface area contributed by atoms with Crippen LogP contribution >= 0.6 is 0 Å². The lowest BCUT2D eigenvalue weighted by Crippen LogP contribution is -2.36. The Hall–Kier alpha value is -1.32. The fourth-order valence-corrected chi connectivity index (χ4v) is 1.43. The molecule has 0 heterocycles. The van der Waals surface area contributed by atoms with Crippen molar-refractivity contribution in [2.24, 2.45) is 5.84 Å². The minimum Gasteiger partial charge on any atom is -0.373 e. The molecule has 0 saturated heterocycles. The molecule has 0 fully saturated rings. The number of alkyl halides is 4. The van der Waals surface area contributed by atoms with Crippen molar-refractivity contribution in [3.05, 3.63) is 35.4 Å². The molecule has 1 rings (SSSR count). The average Bonchev–Trinajstić information content (AvgIpc) is 2.36. The second-order valence-corrected chi connectivity index (χ2v) is 3.93. The van der Waals surface area contributed by atoms with E-state index in [0.29, 0.717) is 0 Å². The summed E-state index contributed by atoms with van der Waals surface area (Å²) in [6.45, 7) is -2.28. The molecule has 0 saturated carbocycles. The zero-order valence-corrected chi connectivity index (χ0v) is 10.1. The van der Waals surface area contributed by atoms with Gasteiger partial charge < -0.3 is 4.74 Å². The number of hydrogen-bond donors (Lipinski definition) is 2. The first kappa shape index (κ1) is 16.7. The van der Waals surface area contributed by atoms with Gasteiger partial charge in [-0.2, -0.15) is 8.78 Å². The molecule has 0 aliphatic carbocycles. The molecular formula is C11H12F6N2O. The standard InChI is InChI=1S/C11H12F6N2O/c12-6-2-1-3-7(13)9(6)8(19-18)4-20-5-11(16,17)10(14)15/h1-3,8,10,19H,4-5,18H2. The minimum atomic E-state index is -4.34. The smallest absolute Gasteiger partial charge is 0.330 e. The fraction of sp³-hybridized carbons (Fsp3) is 0.455. The summed E-state index contributed by atoms with van der Waals surface area (Å²) in [5, 5.41) is 0. The van der Waals surface area contributed by atoms with E-state index in [-0.39, 0.29) is 0 Å². The maximum atomic E-state index is 13.4. The highest BCUT2D eigenvalue weighted by molar-refractivity contribution is 5.23. The number of ether oxygens (including phenoxy) is 1. The lowest BCUT2D eigenvalue weighted by atomic mass is 10.1. The molecule has 1 aromatic rings. The number of nitrogens with two attached hydrogens (primary N) is 1. The number of hydrogen-bond acceptors (Lipinski definition) is 3. The summed E-state index contributed by atoms with van der Waals surface area (Å²) in [4.78, 5) is 0. The minimum absolute atomic E-state index is 0.518. The fourth-order valence-electron chi connectivity index (χ4n) is 1.43. The molecule has 0 amide bonds. The zero-order valence-electron chi connectivity index (χ0n) is 10.1. The number of rotatable bonds is 7. The lowest BCUT2D eigenvalue weighted by molar-refractivity contribution is -0.167. The van der Waals surface area contributed by atoms with E-state index in [1.54, 1.807) is 0 Å². The van der Waals surface area contributed by atoms with Gasteiger partial charge >= 0.3 is 12.3 Å². The molecular weight excluding hydrogens is 290 g/mol. The van der Waals surface area contributed by atoms with Gasteiger partial charge in [0.25, 0.3) is 0 Å². The van der Waals surface area contributed by atoms with Crippen LogP contribution in [0.25, 0.3) is 0 Å². The molecule has 1 aromatic carbocycles. The van der Waals surface area contributed by atoms with Crippen molar-refractivity contribution in [3.8, 4) is 0 Å². The predicted molar refractivity (Wildman–Crippen MR) is 58.2 cm³/mol. The van der Waals surface area contributed by atoms with E-state index in [1.165, 1.54) is 0 Å². The molecule has 0 aliphatic rings. The summed E-state index contributed by atoms with van der Waals surface area (Å²) in [6, 6.07) is 1.70. The van der Waals surface area contributed by atoms with Gasteiger partial charge in [0.1, 0.15) is 18.2 Å². The Labute approximate surface area is 110 Å². The Bertz CT molecular complexity index is 423. The average molecular weight is 302 g/mol. The topological polar surface area (TPSA) is 47.3 Å². The van der Waals surface area contributed by atoms with Gasteiger partial charge in [0.2, 0.25) is 0 Å². The van der Waals surface area contributed by atoms with Gasteiger partial charge in [0.15, 0.2) is 0 Å². The Morgan fingerprint density at radius 1 is 1.20 bits per heavy atom. The first-order valence-electron chi connectivity index (χ1n) is 5.43. The van der Waals surface area contributed by atoms with E-state index < -0.39 is 48.8 Å². The van der Waals surface area contributed by atoms with E-state index >= 15 is 0 Å². The molecule has 0 radical (unpaired) electrons. The second-order valence-electron chi connectivity index (χ2n) is 3.93. The van der Waals surface area contributed by atoms with Crippen molar-refractivity contribution < 1.29 is 31.1 Å². The molecule has 0 aromatic heterocycles. The van der Waals surface area contributed by atoms with Gasteiger partial charge in [0, 0.05) is 5.56 Å². The van der Waals surface area contributed by atoms with E-state index in [4.69, 9.17) is 5.84 Å². The van der Waals surface area contributed by atoms with Crippen LogP contribution < -0.4 is 11.3 Å². The van der Waals surface area contributed by atoms with Crippen molar-refractivity contribution in [3.63, 3.8) is 0 Å². The maximum Gasteiger partial charge on any atom is 0.330 e. The summed E-state index contributed by atoms with van der Waals surface area (Å²) >= 11 is 0. The van der Waals surface area contributed by atoms with Crippen LogP contribution in [0.1, 0.15) is 11.6 Å². The van der Waals surface area contributed by atoms with E-state index in [2.05, 4.69) is 4.74 Å². The van der Waals surface area contributed by atoms with Crippen molar-refractivity contribution >= 4 is 0 Å². The third kappa shape index (κ3) is 4.09. The van der Waals surface area contributed by atoms with Crippen LogP contribution in [0.4, 0.5) is 26.3 Å². The number of hydrazine groups is 1. The van der Waals surface area contributed by atoms with Crippen LogP contribution in [0.5, 0.6) is 0 Å². The zero-order chi connectivity index (χ0) is 15.3. The van der Waals surface area contributed by atoms with E-state index in [1.807, 2.05) is 5.43 Å². The third-order valence-corrected chi connectivity index (χ3v) is 2.45. The Morgan fingerprint density at radius 2 is 1.75 bits per heavy atom. The first-order valence-corrected chi connectivity index (χ1v) is 5.43. The highest BCUT2D eigenvalue weighted by Crippen LogP contribution is 2.25. The molecule has 3 nitrogen and oxygen atoms in total. The summed E-state index contributed by atoms with van der Waals surface area (Å²) < 4.78 is 80.1. The molecule has 3 N–H and O–H groups in total. The van der Waals surface area contributed by atoms with Gasteiger partial charge in [-0.15, -0.1) is 0 Å². The van der Waals surface area contributed by atoms with Crippen LogP contribution in [0.2, 0.25) is 0 Å². The van der Waals surface area contributed by atoms with Crippen LogP contribution in [0.15, 0.2) is 18.2 Å². The molecule has 20 heavy (non-hydrogen) atoms. The quantitative estimate of drug-likeness (QED) is 0.462. The van der Waals surface area contributed by atoms with Crippen molar-refractivity contribution in [1.29, 1.82) is 0 Å². The summed E-state index contributed by atoms with van der Waals surface area (Å²) in [7, 11) is 0. The van der Waals surface area contributed by atoms with Gasteiger partial charge in [-0.25, -0.2) is 17.6 Å². The number of nitrogens with one attached hydrogen (secondary N) is 1. The third-order valence-electron chi connectivity index (χ3n) is 2.45. The van der Waals surface area contributed by atoms with E-state index in [9.17, 15) is 26.3 Å². The molecule has 1 atom stereocenters. The predicted octanol–water partition coefficient (Wildman–Crippen LogP) is 2.39. The molecule has 0 spiro atoms. The van der Waals surface area contributed by atoms with Crippen LogP contribution in [0.3, 0.4) is 0 Å². The Balaban J connectivity index is 2.70. The highest BCUT2D eigenvalue weighted by atomic mass is 19.3. The number of benzene rings is 1. The Morgan fingerprint density at radius 3 is 2.20 bits per heavy atom. The van der Waals surface area contributed by atoms with Gasteiger partial charge in [-0.3, -0.25) is 11.3 Å². The SMILES string of the molecule is NNC(COCC(F)(F)C(F)F)c1c(F)cccc1F. The van der Waals surface area contributed by atoms with E-state index in [0.717, 1.165) is 18.2 Å². The van der Waals surface area contributed by atoms with Gasteiger partial charge in [0.05, 0.1) is 12.6 Å². The molecule has 0 bridgehead atoms. The van der Waals surface area contributed by atoms with Crippen molar-refractivity contribution in [1.82, 2.24) is 5.43 Å².